The maximum absolute atomic E-state index is 12.2. The fourth-order valence-electron chi connectivity index (χ4n) is 2.07. The Bertz CT molecular complexity index is 505. The topological polar surface area (TPSA) is 73.6 Å². The van der Waals surface area contributed by atoms with Crippen molar-refractivity contribution in [2.45, 2.75) is 13.8 Å². The lowest BCUT2D eigenvalue weighted by Gasteiger charge is -2.22. The fraction of sp³-hybridized carbons (Fsp3) is 0.500. The number of carbonyl (C=O) groups excluding carboxylic acids is 1. The first-order chi connectivity index (χ1) is 9.52. The average Bonchev–Trinajstić information content (AvgIpc) is 2.40. The molecule has 0 bridgehead atoms. The van der Waals surface area contributed by atoms with E-state index in [1.54, 1.807) is 12.1 Å². The molecule has 1 atom stereocenters. The van der Waals surface area contributed by atoms with Crippen molar-refractivity contribution >= 4 is 23.2 Å². The van der Waals surface area contributed by atoms with Crippen LogP contribution < -0.4 is 20.5 Å². The number of ether oxygens (including phenoxy) is 2. The van der Waals surface area contributed by atoms with Gasteiger partial charge in [-0.25, -0.2) is 0 Å². The van der Waals surface area contributed by atoms with Gasteiger partial charge in [0, 0.05) is 18.7 Å². The predicted molar refractivity (Wildman–Crippen MR) is 78.5 cm³/mol. The molecule has 0 aromatic heterocycles. The van der Waals surface area contributed by atoms with Crippen molar-refractivity contribution in [2.75, 3.05) is 25.1 Å². The van der Waals surface area contributed by atoms with Crippen LogP contribution in [0.3, 0.4) is 0 Å². The lowest BCUT2D eigenvalue weighted by molar-refractivity contribution is -0.120. The van der Waals surface area contributed by atoms with Crippen molar-refractivity contribution in [1.29, 1.82) is 0 Å². The summed E-state index contributed by atoms with van der Waals surface area (Å²) in [4.78, 5) is 12.2. The number of nitrogens with two attached hydrogens (primary N) is 1. The molecule has 0 saturated heterocycles. The third-order valence-corrected chi connectivity index (χ3v) is 3.60. The highest BCUT2D eigenvalue weighted by molar-refractivity contribution is 6.34. The summed E-state index contributed by atoms with van der Waals surface area (Å²) in [6.45, 7) is 5.20. The molecule has 20 heavy (non-hydrogen) atoms. The number of benzene rings is 1. The van der Waals surface area contributed by atoms with E-state index in [9.17, 15) is 4.79 Å². The van der Waals surface area contributed by atoms with Crippen molar-refractivity contribution in [2.24, 2.45) is 17.6 Å². The van der Waals surface area contributed by atoms with E-state index < -0.39 is 0 Å². The van der Waals surface area contributed by atoms with Crippen LogP contribution in [0.1, 0.15) is 13.8 Å². The van der Waals surface area contributed by atoms with Gasteiger partial charge in [0.15, 0.2) is 11.5 Å². The van der Waals surface area contributed by atoms with Gasteiger partial charge in [0.05, 0.1) is 16.6 Å². The van der Waals surface area contributed by atoms with Gasteiger partial charge in [-0.2, -0.15) is 0 Å². The van der Waals surface area contributed by atoms with E-state index in [1.807, 2.05) is 13.8 Å². The van der Waals surface area contributed by atoms with E-state index in [2.05, 4.69) is 5.32 Å². The van der Waals surface area contributed by atoms with Gasteiger partial charge in [-0.3, -0.25) is 4.79 Å². The van der Waals surface area contributed by atoms with Gasteiger partial charge in [0.1, 0.15) is 13.2 Å². The summed E-state index contributed by atoms with van der Waals surface area (Å²) >= 11 is 6.15. The number of rotatable bonds is 4. The van der Waals surface area contributed by atoms with E-state index in [0.29, 0.717) is 42.0 Å². The van der Waals surface area contributed by atoms with Crippen molar-refractivity contribution in [3.63, 3.8) is 0 Å². The van der Waals surface area contributed by atoms with Crippen LogP contribution >= 0.6 is 11.6 Å². The zero-order valence-corrected chi connectivity index (χ0v) is 12.4. The molecule has 3 N–H and O–H groups in total. The van der Waals surface area contributed by atoms with Crippen molar-refractivity contribution in [1.82, 2.24) is 0 Å². The van der Waals surface area contributed by atoms with E-state index >= 15 is 0 Å². The number of fused-ring (bicyclic) bond motifs is 1. The van der Waals surface area contributed by atoms with Gasteiger partial charge in [0.25, 0.3) is 0 Å². The Morgan fingerprint density at radius 3 is 2.50 bits per heavy atom. The van der Waals surface area contributed by atoms with E-state index in [1.165, 1.54) is 0 Å². The molecule has 5 nitrogen and oxygen atoms in total. The molecule has 1 amide bonds. The van der Waals surface area contributed by atoms with Gasteiger partial charge >= 0.3 is 0 Å². The molecule has 0 fully saturated rings. The Labute approximate surface area is 123 Å². The monoisotopic (exact) mass is 298 g/mol. The van der Waals surface area contributed by atoms with Gasteiger partial charge < -0.3 is 20.5 Å². The summed E-state index contributed by atoms with van der Waals surface area (Å²) in [5.74, 6) is 0.958. The lowest BCUT2D eigenvalue weighted by Crippen LogP contribution is -2.33. The first-order valence-electron chi connectivity index (χ1n) is 6.63. The zero-order chi connectivity index (χ0) is 14.7. The quantitative estimate of drug-likeness (QED) is 0.894. The van der Waals surface area contributed by atoms with Crippen LogP contribution in [-0.2, 0) is 4.79 Å². The smallest absolute Gasteiger partial charge is 0.229 e. The van der Waals surface area contributed by atoms with Crippen LogP contribution in [0.5, 0.6) is 11.5 Å². The first-order valence-corrected chi connectivity index (χ1v) is 7.00. The molecule has 0 radical (unpaired) electrons. The number of amides is 1. The van der Waals surface area contributed by atoms with Crippen LogP contribution in [-0.4, -0.2) is 25.7 Å². The summed E-state index contributed by atoms with van der Waals surface area (Å²) < 4.78 is 10.9. The molecule has 1 aliphatic rings. The maximum Gasteiger partial charge on any atom is 0.229 e. The number of carbonyl (C=O) groups is 1. The Morgan fingerprint density at radius 2 is 1.95 bits per heavy atom. The molecular formula is C14H19ClN2O3. The summed E-state index contributed by atoms with van der Waals surface area (Å²) in [5, 5.41) is 3.22. The molecular weight excluding hydrogens is 280 g/mol. The molecule has 1 aromatic carbocycles. The summed E-state index contributed by atoms with van der Waals surface area (Å²) in [5.41, 5.74) is 6.15. The van der Waals surface area contributed by atoms with Gasteiger partial charge in [-0.15, -0.1) is 0 Å². The first kappa shape index (κ1) is 14.9. The number of halogens is 1. The Balaban J connectivity index is 2.19. The van der Waals surface area contributed by atoms with E-state index in [-0.39, 0.29) is 17.7 Å². The maximum atomic E-state index is 12.2. The molecule has 0 spiro atoms. The lowest BCUT2D eigenvalue weighted by atomic mass is 9.95. The minimum Gasteiger partial charge on any atom is -0.486 e. The van der Waals surface area contributed by atoms with Crippen LogP contribution in [0.25, 0.3) is 0 Å². The second-order valence-electron chi connectivity index (χ2n) is 5.05. The Kier molecular flexibility index (Phi) is 4.73. The van der Waals surface area contributed by atoms with Crippen LogP contribution in [0.4, 0.5) is 5.69 Å². The minimum atomic E-state index is -0.251. The summed E-state index contributed by atoms with van der Waals surface area (Å²) in [7, 11) is 0. The highest BCUT2D eigenvalue weighted by Gasteiger charge is 2.22. The van der Waals surface area contributed by atoms with Gasteiger partial charge in [0.2, 0.25) is 5.91 Å². The van der Waals surface area contributed by atoms with E-state index in [0.717, 1.165) is 0 Å². The fourth-order valence-corrected chi connectivity index (χ4v) is 2.27. The minimum absolute atomic E-state index is 0.138. The number of nitrogens with one attached hydrogen (secondary N) is 1. The van der Waals surface area contributed by atoms with Crippen molar-refractivity contribution in [3.8, 4) is 11.5 Å². The number of anilines is 1. The normalized spacial score (nSPS) is 15.1. The second kappa shape index (κ2) is 6.33. The molecule has 1 heterocycles. The molecule has 1 unspecified atom stereocenters. The van der Waals surface area contributed by atoms with E-state index in [4.69, 9.17) is 26.8 Å². The molecule has 1 aliphatic heterocycles. The molecule has 1 aromatic rings. The van der Waals surface area contributed by atoms with Gasteiger partial charge in [-0.05, 0) is 5.92 Å². The Hall–Kier alpha value is -1.46. The predicted octanol–water partition coefficient (Wildman–Crippen LogP) is 2.28. The molecule has 110 valence electrons. The summed E-state index contributed by atoms with van der Waals surface area (Å²) in [6, 6.07) is 3.33. The van der Waals surface area contributed by atoms with Crippen molar-refractivity contribution in [3.05, 3.63) is 17.2 Å². The highest BCUT2D eigenvalue weighted by Crippen LogP contribution is 2.38. The zero-order valence-electron chi connectivity index (χ0n) is 11.6. The third-order valence-electron chi connectivity index (χ3n) is 3.29. The molecule has 6 heteroatoms. The second-order valence-corrected chi connectivity index (χ2v) is 5.46. The van der Waals surface area contributed by atoms with Crippen molar-refractivity contribution < 1.29 is 14.3 Å². The Morgan fingerprint density at radius 1 is 1.35 bits per heavy atom. The average molecular weight is 299 g/mol. The van der Waals surface area contributed by atoms with Crippen LogP contribution in [0.15, 0.2) is 12.1 Å². The SMILES string of the molecule is CC(C)C(CN)C(=O)Nc1cc2c(cc1Cl)OCCO2. The molecule has 0 saturated carbocycles. The van der Waals surface area contributed by atoms with Crippen LogP contribution in [0, 0.1) is 11.8 Å². The largest absolute Gasteiger partial charge is 0.486 e. The van der Waals surface area contributed by atoms with Crippen LogP contribution in [0.2, 0.25) is 5.02 Å². The standard InChI is InChI=1S/C14H19ClN2O3/c1-8(2)9(7-16)14(18)17-11-6-13-12(5-10(11)15)19-3-4-20-13/h5-6,8-9H,3-4,7,16H2,1-2H3,(H,17,18). The van der Waals surface area contributed by atoms with Gasteiger partial charge in [-0.1, -0.05) is 25.4 Å². The third kappa shape index (κ3) is 3.16. The highest BCUT2D eigenvalue weighted by atomic mass is 35.5. The molecule has 2 rings (SSSR count). The molecule has 0 aliphatic carbocycles. The summed E-state index contributed by atoms with van der Waals surface area (Å²) in [6.07, 6.45) is 0. The number of hydrogen-bond donors (Lipinski definition) is 2. The number of hydrogen-bond acceptors (Lipinski definition) is 4.